The third-order valence-corrected chi connectivity index (χ3v) is 2.55. The molecule has 2 rings (SSSR count). The van der Waals surface area contributed by atoms with Gasteiger partial charge < -0.3 is 0 Å². The van der Waals surface area contributed by atoms with Crippen molar-refractivity contribution in [2.75, 3.05) is 0 Å². The predicted molar refractivity (Wildman–Crippen MR) is 61.9 cm³/mol. The Labute approximate surface area is 103 Å². The van der Waals surface area contributed by atoms with Gasteiger partial charge in [0.2, 0.25) is 0 Å². The van der Waals surface area contributed by atoms with Gasteiger partial charge in [-0.1, -0.05) is 12.1 Å². The maximum Gasteiger partial charge on any atom is 0.416 e. The molecule has 2 nitrogen and oxygen atoms in total. The molecule has 0 N–H and O–H groups in total. The van der Waals surface area contributed by atoms with Crippen LogP contribution >= 0.6 is 0 Å². The summed E-state index contributed by atoms with van der Waals surface area (Å²) in [6, 6.07) is 4.93. The van der Waals surface area contributed by atoms with Crippen molar-refractivity contribution in [1.82, 2.24) is 9.97 Å². The number of alkyl halides is 3. The average Bonchev–Trinajstić information content (AvgIpc) is 2.28. The topological polar surface area (TPSA) is 25.8 Å². The van der Waals surface area contributed by atoms with Gasteiger partial charge in [0.1, 0.15) is 0 Å². The van der Waals surface area contributed by atoms with E-state index in [0.717, 1.165) is 17.8 Å². The maximum absolute atomic E-state index is 12.4. The molecule has 94 valence electrons. The van der Waals surface area contributed by atoms with Gasteiger partial charge in [0, 0.05) is 11.8 Å². The highest BCUT2D eigenvalue weighted by atomic mass is 19.4. The summed E-state index contributed by atoms with van der Waals surface area (Å²) in [4.78, 5) is 8.43. The second-order valence-corrected chi connectivity index (χ2v) is 4.02. The summed E-state index contributed by atoms with van der Waals surface area (Å²) in [6.45, 7) is 3.60. The van der Waals surface area contributed by atoms with Crippen LogP contribution in [0.1, 0.15) is 17.0 Å². The smallest absolute Gasteiger partial charge is 0.255 e. The summed E-state index contributed by atoms with van der Waals surface area (Å²) in [7, 11) is 0. The third kappa shape index (κ3) is 2.50. The predicted octanol–water partition coefficient (Wildman–Crippen LogP) is 3.78. The van der Waals surface area contributed by atoms with E-state index in [4.69, 9.17) is 0 Å². The van der Waals surface area contributed by atoms with Crippen LogP contribution in [-0.4, -0.2) is 9.97 Å². The lowest BCUT2D eigenvalue weighted by Gasteiger charge is -2.08. The molecular formula is C13H11F3N2. The van der Waals surface area contributed by atoms with Crippen LogP contribution in [0, 0.1) is 13.8 Å². The normalized spacial score (nSPS) is 11.6. The molecule has 0 amide bonds. The quantitative estimate of drug-likeness (QED) is 0.771. The van der Waals surface area contributed by atoms with Crippen molar-refractivity contribution in [3.8, 4) is 11.3 Å². The molecule has 0 unspecified atom stereocenters. The molecule has 0 fully saturated rings. The molecule has 2 aromatic rings. The fraction of sp³-hybridized carbons (Fsp3) is 0.231. The molecule has 0 spiro atoms. The zero-order valence-corrected chi connectivity index (χ0v) is 9.92. The minimum Gasteiger partial charge on any atom is -0.255 e. The highest BCUT2D eigenvalue weighted by Gasteiger charge is 2.30. The van der Waals surface area contributed by atoms with Gasteiger partial charge in [-0.25, -0.2) is 0 Å². The SMILES string of the molecule is Cc1cnc(-c2ccc(C(F)(F)F)cc2)c(C)n1. The molecule has 5 heteroatoms. The second kappa shape index (κ2) is 4.40. The van der Waals surface area contributed by atoms with Crippen molar-refractivity contribution in [2.24, 2.45) is 0 Å². The molecule has 0 atom stereocenters. The van der Waals surface area contributed by atoms with E-state index in [-0.39, 0.29) is 0 Å². The Morgan fingerprint density at radius 3 is 2.11 bits per heavy atom. The first-order valence-corrected chi connectivity index (χ1v) is 5.36. The Morgan fingerprint density at radius 1 is 1.00 bits per heavy atom. The summed E-state index contributed by atoms with van der Waals surface area (Å²) in [5.74, 6) is 0. The van der Waals surface area contributed by atoms with Crippen LogP contribution < -0.4 is 0 Å². The maximum atomic E-state index is 12.4. The van der Waals surface area contributed by atoms with Crippen molar-refractivity contribution < 1.29 is 13.2 Å². The van der Waals surface area contributed by atoms with Crippen LogP contribution in [0.3, 0.4) is 0 Å². The fourth-order valence-corrected chi connectivity index (χ4v) is 1.70. The van der Waals surface area contributed by atoms with Crippen LogP contribution in [0.15, 0.2) is 30.5 Å². The van der Waals surface area contributed by atoms with E-state index < -0.39 is 11.7 Å². The summed E-state index contributed by atoms with van der Waals surface area (Å²) in [5.41, 5.74) is 2.06. The highest BCUT2D eigenvalue weighted by Crippen LogP contribution is 2.30. The minimum atomic E-state index is -4.31. The molecule has 0 saturated carbocycles. The van der Waals surface area contributed by atoms with Gasteiger partial charge in [0.15, 0.2) is 0 Å². The number of hydrogen-bond acceptors (Lipinski definition) is 2. The van der Waals surface area contributed by atoms with Crippen LogP contribution in [-0.2, 0) is 6.18 Å². The van der Waals surface area contributed by atoms with E-state index in [1.54, 1.807) is 13.1 Å². The number of benzene rings is 1. The van der Waals surface area contributed by atoms with E-state index in [1.165, 1.54) is 12.1 Å². The van der Waals surface area contributed by atoms with Gasteiger partial charge in [-0.05, 0) is 26.0 Å². The molecule has 0 bridgehead atoms. The van der Waals surface area contributed by atoms with E-state index in [1.807, 2.05) is 6.92 Å². The number of rotatable bonds is 1. The first kappa shape index (κ1) is 12.5. The van der Waals surface area contributed by atoms with Crippen molar-refractivity contribution >= 4 is 0 Å². The molecular weight excluding hydrogens is 241 g/mol. The molecule has 1 heterocycles. The number of nitrogens with zero attached hydrogens (tertiary/aromatic N) is 2. The lowest BCUT2D eigenvalue weighted by molar-refractivity contribution is -0.137. The monoisotopic (exact) mass is 252 g/mol. The summed E-state index contributed by atoms with van der Waals surface area (Å²) < 4.78 is 37.3. The first-order valence-electron chi connectivity index (χ1n) is 5.36. The van der Waals surface area contributed by atoms with Gasteiger partial charge in [-0.3, -0.25) is 9.97 Å². The van der Waals surface area contributed by atoms with Crippen LogP contribution in [0.5, 0.6) is 0 Å². The van der Waals surface area contributed by atoms with E-state index >= 15 is 0 Å². The fourth-order valence-electron chi connectivity index (χ4n) is 1.70. The standard InChI is InChI=1S/C13H11F3N2/c1-8-7-17-12(9(2)18-8)10-3-5-11(6-4-10)13(14,15)16/h3-7H,1-2H3. The Bertz CT molecular complexity index is 559. The van der Waals surface area contributed by atoms with Crippen LogP contribution in [0.2, 0.25) is 0 Å². The van der Waals surface area contributed by atoms with E-state index in [9.17, 15) is 13.2 Å². The zero-order chi connectivity index (χ0) is 13.3. The van der Waals surface area contributed by atoms with Gasteiger partial charge in [-0.15, -0.1) is 0 Å². The molecule has 0 aliphatic rings. The number of aryl methyl sites for hydroxylation is 2. The van der Waals surface area contributed by atoms with E-state index in [2.05, 4.69) is 9.97 Å². The summed E-state index contributed by atoms with van der Waals surface area (Å²) >= 11 is 0. The van der Waals surface area contributed by atoms with Crippen molar-refractivity contribution in [2.45, 2.75) is 20.0 Å². The van der Waals surface area contributed by atoms with Crippen molar-refractivity contribution in [1.29, 1.82) is 0 Å². The summed E-state index contributed by atoms with van der Waals surface area (Å²) in [5, 5.41) is 0. The molecule has 0 saturated heterocycles. The number of aromatic nitrogens is 2. The summed E-state index contributed by atoms with van der Waals surface area (Å²) in [6.07, 6.45) is -2.72. The Morgan fingerprint density at radius 2 is 1.61 bits per heavy atom. The first-order chi connectivity index (χ1) is 8.38. The lowest BCUT2D eigenvalue weighted by atomic mass is 10.1. The largest absolute Gasteiger partial charge is 0.416 e. The van der Waals surface area contributed by atoms with Gasteiger partial charge in [0.25, 0.3) is 0 Å². The average molecular weight is 252 g/mol. The molecule has 0 aliphatic heterocycles. The molecule has 0 aliphatic carbocycles. The van der Waals surface area contributed by atoms with Crippen molar-refractivity contribution in [3.63, 3.8) is 0 Å². The van der Waals surface area contributed by atoms with Crippen molar-refractivity contribution in [3.05, 3.63) is 47.4 Å². The third-order valence-electron chi connectivity index (χ3n) is 2.55. The zero-order valence-electron chi connectivity index (χ0n) is 9.92. The van der Waals surface area contributed by atoms with Gasteiger partial charge >= 0.3 is 6.18 Å². The van der Waals surface area contributed by atoms with Gasteiger partial charge in [0.05, 0.1) is 22.6 Å². The molecule has 0 radical (unpaired) electrons. The molecule has 1 aromatic carbocycles. The van der Waals surface area contributed by atoms with E-state index in [0.29, 0.717) is 17.0 Å². The molecule has 1 aromatic heterocycles. The number of hydrogen-bond donors (Lipinski definition) is 0. The van der Waals surface area contributed by atoms with Crippen LogP contribution in [0.4, 0.5) is 13.2 Å². The Kier molecular flexibility index (Phi) is 3.07. The van der Waals surface area contributed by atoms with Crippen LogP contribution in [0.25, 0.3) is 11.3 Å². The minimum absolute atomic E-state index is 0.606. The Balaban J connectivity index is 2.41. The lowest BCUT2D eigenvalue weighted by Crippen LogP contribution is -2.04. The number of halogens is 3. The Hall–Kier alpha value is -1.91. The molecule has 18 heavy (non-hydrogen) atoms. The van der Waals surface area contributed by atoms with Gasteiger partial charge in [-0.2, -0.15) is 13.2 Å². The second-order valence-electron chi connectivity index (χ2n) is 4.02. The highest BCUT2D eigenvalue weighted by molar-refractivity contribution is 5.61.